The van der Waals surface area contributed by atoms with Gasteiger partial charge in [0.05, 0.1) is 12.7 Å². The second kappa shape index (κ2) is 7.62. The van der Waals surface area contributed by atoms with Crippen LogP contribution in [0.15, 0.2) is 18.2 Å². The number of carbonyl (C=O) groups is 1. The molecule has 2 rings (SSSR count). The highest BCUT2D eigenvalue weighted by Gasteiger charge is 2.13. The fraction of sp³-hybridized carbons (Fsp3) is 0.533. The van der Waals surface area contributed by atoms with Gasteiger partial charge < -0.3 is 15.4 Å². The van der Waals surface area contributed by atoms with Crippen molar-refractivity contribution in [3.05, 3.63) is 34.3 Å². The predicted octanol–water partition coefficient (Wildman–Crippen LogP) is 2.15. The van der Waals surface area contributed by atoms with Crippen molar-refractivity contribution >= 4 is 17.5 Å². The molecule has 4 nitrogen and oxygen atoms in total. The average molecular weight is 297 g/mol. The minimum Gasteiger partial charge on any atom is -0.376 e. The number of hydrogen-bond acceptors (Lipinski definition) is 3. The van der Waals surface area contributed by atoms with Crippen LogP contribution in [-0.4, -0.2) is 38.3 Å². The second-order valence-corrected chi connectivity index (χ2v) is 5.45. The molecular weight excluding hydrogens is 276 g/mol. The lowest BCUT2D eigenvalue weighted by Crippen LogP contribution is -2.34. The molecule has 0 aromatic heterocycles. The van der Waals surface area contributed by atoms with Crippen molar-refractivity contribution in [3.63, 3.8) is 0 Å². The topological polar surface area (TPSA) is 50.4 Å². The number of amides is 1. The summed E-state index contributed by atoms with van der Waals surface area (Å²) in [7, 11) is 0. The monoisotopic (exact) mass is 296 g/mol. The Balaban J connectivity index is 1.70. The molecule has 1 heterocycles. The van der Waals surface area contributed by atoms with E-state index in [1.54, 1.807) is 12.1 Å². The van der Waals surface area contributed by atoms with Crippen molar-refractivity contribution in [2.45, 2.75) is 25.9 Å². The Morgan fingerprint density at radius 1 is 1.45 bits per heavy atom. The largest absolute Gasteiger partial charge is 0.376 e. The Morgan fingerprint density at radius 3 is 2.90 bits per heavy atom. The van der Waals surface area contributed by atoms with E-state index in [1.165, 1.54) is 0 Å². The highest BCUT2D eigenvalue weighted by atomic mass is 35.5. The molecule has 1 saturated heterocycles. The highest BCUT2D eigenvalue weighted by Crippen LogP contribution is 2.16. The molecule has 1 fully saturated rings. The standard InChI is InChI=1S/C15H21ClN2O2/c1-11-2-3-12(10-14(11)16)15(19)18-8-9-20-13-4-6-17-7-5-13/h2-3,10,13,17H,4-9H2,1H3,(H,18,19). The first-order valence-corrected chi connectivity index (χ1v) is 7.41. The zero-order valence-corrected chi connectivity index (χ0v) is 12.5. The molecule has 110 valence electrons. The number of carbonyl (C=O) groups excluding carboxylic acids is 1. The third kappa shape index (κ3) is 4.47. The molecule has 2 N–H and O–H groups in total. The molecule has 0 unspecified atom stereocenters. The van der Waals surface area contributed by atoms with Crippen LogP contribution in [0.5, 0.6) is 0 Å². The summed E-state index contributed by atoms with van der Waals surface area (Å²) in [5, 5.41) is 6.75. The van der Waals surface area contributed by atoms with Crippen LogP contribution in [0.2, 0.25) is 5.02 Å². The van der Waals surface area contributed by atoms with Gasteiger partial charge >= 0.3 is 0 Å². The number of rotatable bonds is 5. The van der Waals surface area contributed by atoms with E-state index in [9.17, 15) is 4.79 Å². The van der Waals surface area contributed by atoms with Crippen LogP contribution in [-0.2, 0) is 4.74 Å². The molecule has 1 aliphatic heterocycles. The maximum Gasteiger partial charge on any atom is 0.251 e. The van der Waals surface area contributed by atoms with E-state index in [0.717, 1.165) is 31.5 Å². The Bertz CT molecular complexity index is 459. The first-order valence-electron chi connectivity index (χ1n) is 7.03. The first-order chi connectivity index (χ1) is 9.66. The quantitative estimate of drug-likeness (QED) is 0.819. The highest BCUT2D eigenvalue weighted by molar-refractivity contribution is 6.31. The van der Waals surface area contributed by atoms with E-state index in [2.05, 4.69) is 10.6 Å². The second-order valence-electron chi connectivity index (χ2n) is 5.04. The molecule has 1 amide bonds. The van der Waals surface area contributed by atoms with Crippen molar-refractivity contribution in [1.82, 2.24) is 10.6 Å². The summed E-state index contributed by atoms with van der Waals surface area (Å²) in [5.74, 6) is -0.110. The van der Waals surface area contributed by atoms with E-state index in [4.69, 9.17) is 16.3 Å². The number of piperidine rings is 1. The molecule has 0 radical (unpaired) electrons. The van der Waals surface area contributed by atoms with Crippen molar-refractivity contribution in [1.29, 1.82) is 0 Å². The molecule has 1 aliphatic rings. The Labute approximate surface area is 124 Å². The number of halogens is 1. The number of ether oxygens (including phenoxy) is 1. The smallest absolute Gasteiger partial charge is 0.251 e. The van der Waals surface area contributed by atoms with Crippen molar-refractivity contribution in [2.75, 3.05) is 26.2 Å². The number of benzene rings is 1. The Morgan fingerprint density at radius 2 is 2.20 bits per heavy atom. The Hall–Kier alpha value is -1.10. The summed E-state index contributed by atoms with van der Waals surface area (Å²) < 4.78 is 5.73. The van der Waals surface area contributed by atoms with Crippen molar-refractivity contribution in [3.8, 4) is 0 Å². The van der Waals surface area contributed by atoms with Crippen LogP contribution in [0, 0.1) is 6.92 Å². The maximum atomic E-state index is 11.9. The van der Waals surface area contributed by atoms with Crippen LogP contribution in [0.25, 0.3) is 0 Å². The van der Waals surface area contributed by atoms with E-state index in [0.29, 0.717) is 29.8 Å². The van der Waals surface area contributed by atoms with Gasteiger partial charge in [-0.2, -0.15) is 0 Å². The summed E-state index contributed by atoms with van der Waals surface area (Å²) >= 11 is 6.01. The summed E-state index contributed by atoms with van der Waals surface area (Å²) in [6.07, 6.45) is 2.41. The number of hydrogen-bond donors (Lipinski definition) is 2. The van der Waals surface area contributed by atoms with Gasteiger partial charge in [0.25, 0.3) is 5.91 Å². The van der Waals surface area contributed by atoms with Crippen molar-refractivity contribution < 1.29 is 9.53 Å². The van der Waals surface area contributed by atoms with Crippen molar-refractivity contribution in [2.24, 2.45) is 0 Å². The fourth-order valence-electron chi connectivity index (χ4n) is 2.19. The van der Waals surface area contributed by atoms with Crippen LogP contribution in [0.3, 0.4) is 0 Å². The van der Waals surface area contributed by atoms with Gasteiger partial charge in [-0.05, 0) is 50.6 Å². The van der Waals surface area contributed by atoms with Gasteiger partial charge in [0.2, 0.25) is 0 Å². The van der Waals surface area contributed by atoms with Crippen LogP contribution < -0.4 is 10.6 Å². The lowest BCUT2D eigenvalue weighted by Gasteiger charge is -2.22. The molecule has 20 heavy (non-hydrogen) atoms. The van der Waals surface area contributed by atoms with Gasteiger partial charge in [-0.1, -0.05) is 17.7 Å². The van der Waals surface area contributed by atoms with Crippen LogP contribution in [0.4, 0.5) is 0 Å². The molecule has 0 aliphatic carbocycles. The summed E-state index contributed by atoms with van der Waals surface area (Å²) in [4.78, 5) is 11.9. The summed E-state index contributed by atoms with van der Waals surface area (Å²) in [5.41, 5.74) is 1.56. The van der Waals surface area contributed by atoms with E-state index < -0.39 is 0 Å². The minimum atomic E-state index is -0.110. The van der Waals surface area contributed by atoms with Crippen LogP contribution >= 0.6 is 11.6 Å². The van der Waals surface area contributed by atoms with Gasteiger partial charge in [0.15, 0.2) is 0 Å². The number of nitrogens with one attached hydrogen (secondary N) is 2. The zero-order valence-electron chi connectivity index (χ0n) is 11.7. The van der Waals surface area contributed by atoms with E-state index in [1.807, 2.05) is 13.0 Å². The van der Waals surface area contributed by atoms with E-state index in [-0.39, 0.29) is 5.91 Å². The SMILES string of the molecule is Cc1ccc(C(=O)NCCOC2CCNCC2)cc1Cl. The third-order valence-corrected chi connectivity index (χ3v) is 3.87. The molecule has 1 aromatic rings. The average Bonchev–Trinajstić information content (AvgIpc) is 2.47. The minimum absolute atomic E-state index is 0.110. The van der Waals surface area contributed by atoms with Crippen LogP contribution in [0.1, 0.15) is 28.8 Å². The van der Waals surface area contributed by atoms with Gasteiger partial charge in [-0.25, -0.2) is 0 Å². The molecule has 0 saturated carbocycles. The normalized spacial score (nSPS) is 16.1. The summed E-state index contributed by atoms with van der Waals surface area (Å²) in [6, 6.07) is 5.33. The molecule has 0 atom stereocenters. The zero-order chi connectivity index (χ0) is 14.4. The molecule has 1 aromatic carbocycles. The van der Waals surface area contributed by atoms with E-state index >= 15 is 0 Å². The first kappa shape index (κ1) is 15.3. The maximum absolute atomic E-state index is 11.9. The Kier molecular flexibility index (Phi) is 5.83. The van der Waals surface area contributed by atoms with Gasteiger partial charge in [-0.3, -0.25) is 4.79 Å². The molecule has 0 spiro atoms. The lowest BCUT2D eigenvalue weighted by atomic mass is 10.1. The van der Waals surface area contributed by atoms with Gasteiger partial charge in [0, 0.05) is 17.1 Å². The number of aryl methyl sites for hydroxylation is 1. The molecule has 5 heteroatoms. The van der Waals surface area contributed by atoms with Gasteiger partial charge in [0.1, 0.15) is 0 Å². The third-order valence-electron chi connectivity index (χ3n) is 3.46. The molecular formula is C15H21ClN2O2. The lowest BCUT2D eigenvalue weighted by molar-refractivity contribution is 0.0343. The molecule has 0 bridgehead atoms. The summed E-state index contributed by atoms with van der Waals surface area (Å²) in [6.45, 7) is 5.01. The van der Waals surface area contributed by atoms with Gasteiger partial charge in [-0.15, -0.1) is 0 Å². The predicted molar refractivity (Wildman–Crippen MR) is 80.4 cm³/mol. The fourth-order valence-corrected chi connectivity index (χ4v) is 2.37.